The van der Waals surface area contributed by atoms with Crippen LogP contribution in [0.15, 0.2) is 22.4 Å². The number of aryl methyl sites for hydroxylation is 1. The van der Waals surface area contributed by atoms with E-state index < -0.39 is 22.5 Å². The van der Waals surface area contributed by atoms with Crippen LogP contribution in [0.5, 0.6) is 0 Å². The number of hydrogen-bond donors (Lipinski definition) is 2. The van der Waals surface area contributed by atoms with Crippen LogP contribution in [0.3, 0.4) is 0 Å². The largest absolute Gasteiger partial charge is 0.455 e. The minimum atomic E-state index is -2.89. The molecule has 1 aromatic heterocycles. The number of rotatable bonds is 10. The molecule has 1 atom stereocenters. The Morgan fingerprint density at radius 2 is 2.00 bits per heavy atom. The van der Waals surface area contributed by atoms with Gasteiger partial charge in [0, 0.05) is 18.3 Å². The first-order chi connectivity index (χ1) is 16.6. The van der Waals surface area contributed by atoms with Gasteiger partial charge in [-0.25, -0.2) is 13.2 Å². The van der Waals surface area contributed by atoms with Crippen LogP contribution in [-0.2, 0) is 22.0 Å². The molecule has 0 saturated carbocycles. The lowest BCUT2D eigenvalue weighted by atomic mass is 9.93. The van der Waals surface area contributed by atoms with E-state index >= 15 is 0 Å². The Morgan fingerprint density at radius 1 is 1.23 bits per heavy atom. The van der Waals surface area contributed by atoms with E-state index in [1.807, 2.05) is 12.1 Å². The summed E-state index contributed by atoms with van der Waals surface area (Å²) in [5, 5.41) is 16.4. The van der Waals surface area contributed by atoms with Crippen molar-refractivity contribution in [1.29, 1.82) is 0 Å². The van der Waals surface area contributed by atoms with Crippen molar-refractivity contribution in [2.45, 2.75) is 84.8 Å². The average molecular weight is 523 g/mol. The Balaban J connectivity index is 1.90. The summed E-state index contributed by atoms with van der Waals surface area (Å²) in [6.07, 6.45) is 6.32. The van der Waals surface area contributed by atoms with Gasteiger partial charge in [0.15, 0.2) is 0 Å². The lowest BCUT2D eigenvalue weighted by molar-refractivity contribution is 0.00683. The predicted octanol–water partition coefficient (Wildman–Crippen LogP) is 5.57. The van der Waals surface area contributed by atoms with Gasteiger partial charge in [0.1, 0.15) is 11.3 Å². The highest BCUT2D eigenvalue weighted by Crippen LogP contribution is 2.40. The van der Waals surface area contributed by atoms with Crippen molar-refractivity contribution in [1.82, 2.24) is 10.2 Å². The average Bonchev–Trinajstić information content (AvgIpc) is 3.26. The van der Waals surface area contributed by atoms with Crippen LogP contribution >= 0.6 is 11.3 Å². The molecule has 2 heterocycles. The fraction of sp³-hybridized carbons (Fsp3) is 0.609. The fourth-order valence-electron chi connectivity index (χ4n) is 4.05. The first-order valence-electron chi connectivity index (χ1n) is 11.9. The third kappa shape index (κ3) is 7.44. The number of fused-ring (bicyclic) bond motifs is 1. The summed E-state index contributed by atoms with van der Waals surface area (Å²) >= 11 is 0.959. The molecule has 1 aromatic carbocycles. The van der Waals surface area contributed by atoms with Crippen LogP contribution in [0, 0.1) is 0 Å². The smallest absolute Gasteiger partial charge is 0.370 e. The molecular formula is C23H34N6O4S2. The standard InChI is InChI=1S/C23H34N6O4S2/c1-6-8-9-12-29-16(7-2)11-10-15-13-17(18(14-19(15)29)28-35(31)32)24-26-22-27-25-20(34-22)21(30)33-23(3,4)5/h13-14,16,35H,6-12H2,1-5H3,(H,28,31,32). The molecule has 0 spiro atoms. The Hall–Kier alpha value is -2.60. The number of esters is 1. The number of aromatic nitrogens is 2. The molecule has 0 bridgehead atoms. The van der Waals surface area contributed by atoms with E-state index in [-0.39, 0.29) is 10.1 Å². The Kier molecular flexibility index (Phi) is 9.17. The van der Waals surface area contributed by atoms with Gasteiger partial charge in [-0.2, -0.15) is 0 Å². The van der Waals surface area contributed by atoms with Crippen molar-refractivity contribution in [2.75, 3.05) is 16.2 Å². The Morgan fingerprint density at radius 3 is 2.66 bits per heavy atom. The molecule has 12 heteroatoms. The highest BCUT2D eigenvalue weighted by atomic mass is 32.2. The van der Waals surface area contributed by atoms with Crippen LogP contribution < -0.4 is 9.62 Å². The zero-order chi connectivity index (χ0) is 25.6. The summed E-state index contributed by atoms with van der Waals surface area (Å²) in [5.74, 6) is -0.579. The third-order valence-corrected chi connectivity index (χ3v) is 6.82. The number of hydrogen-bond acceptors (Lipinski definition) is 10. The monoisotopic (exact) mass is 522 g/mol. The Bertz CT molecular complexity index is 1130. The van der Waals surface area contributed by atoms with Crippen LogP contribution in [0.4, 0.5) is 22.2 Å². The van der Waals surface area contributed by atoms with Gasteiger partial charge in [0.2, 0.25) is 15.9 Å². The molecule has 0 fully saturated rings. The molecule has 0 radical (unpaired) electrons. The summed E-state index contributed by atoms with van der Waals surface area (Å²) in [5.41, 5.74) is 2.25. The van der Waals surface area contributed by atoms with E-state index in [0.717, 1.165) is 67.7 Å². The van der Waals surface area contributed by atoms with Crippen LogP contribution in [0.25, 0.3) is 0 Å². The lowest BCUT2D eigenvalue weighted by Gasteiger charge is -2.39. The molecule has 192 valence electrons. The number of anilines is 2. The minimum absolute atomic E-state index is 0.0774. The van der Waals surface area contributed by atoms with Gasteiger partial charge in [0.25, 0.3) is 5.13 Å². The molecule has 0 saturated heterocycles. The molecule has 35 heavy (non-hydrogen) atoms. The van der Waals surface area contributed by atoms with Crippen LogP contribution in [0.1, 0.15) is 82.1 Å². The minimum Gasteiger partial charge on any atom is -0.455 e. The van der Waals surface area contributed by atoms with E-state index in [0.29, 0.717) is 17.4 Å². The first kappa shape index (κ1) is 27.0. The van der Waals surface area contributed by atoms with Crippen molar-refractivity contribution >= 4 is 50.4 Å². The van der Waals surface area contributed by atoms with Crippen LogP contribution in [0.2, 0.25) is 0 Å². The molecule has 0 amide bonds. The second kappa shape index (κ2) is 11.9. The van der Waals surface area contributed by atoms with E-state index in [1.165, 1.54) is 0 Å². The maximum absolute atomic E-state index is 12.2. The van der Waals surface area contributed by atoms with Crippen molar-refractivity contribution in [2.24, 2.45) is 10.2 Å². The van der Waals surface area contributed by atoms with Gasteiger partial charge in [-0.1, -0.05) is 38.0 Å². The molecule has 3 rings (SSSR count). The zero-order valence-corrected chi connectivity index (χ0v) is 22.6. The fourth-order valence-corrected chi connectivity index (χ4v) is 4.97. The number of nitrogens with zero attached hydrogens (tertiary/aromatic N) is 5. The summed E-state index contributed by atoms with van der Waals surface area (Å²) < 4.78 is 30.9. The topological polar surface area (TPSA) is 126 Å². The number of benzene rings is 1. The predicted molar refractivity (Wildman–Crippen MR) is 139 cm³/mol. The van der Waals surface area contributed by atoms with Crippen molar-refractivity contribution in [3.8, 4) is 0 Å². The number of unbranched alkanes of at least 4 members (excludes halogenated alkanes) is 2. The Labute approximate surface area is 212 Å². The summed E-state index contributed by atoms with van der Waals surface area (Å²) in [6.45, 7) is 10.6. The first-order valence-corrected chi connectivity index (χ1v) is 13.9. The summed E-state index contributed by atoms with van der Waals surface area (Å²) in [7, 11) is -2.89. The number of ether oxygens (including phenoxy) is 1. The normalized spacial score (nSPS) is 16.1. The van der Waals surface area contributed by atoms with Crippen molar-refractivity contribution in [3.63, 3.8) is 0 Å². The van der Waals surface area contributed by atoms with E-state index in [4.69, 9.17) is 4.74 Å². The van der Waals surface area contributed by atoms with Crippen molar-refractivity contribution < 1.29 is 17.9 Å². The molecule has 1 aliphatic rings. The summed E-state index contributed by atoms with van der Waals surface area (Å²) in [6, 6.07) is 4.16. The summed E-state index contributed by atoms with van der Waals surface area (Å²) in [4.78, 5) is 14.6. The maximum atomic E-state index is 12.2. The molecular weight excluding hydrogens is 488 g/mol. The zero-order valence-electron chi connectivity index (χ0n) is 20.9. The third-order valence-electron chi connectivity index (χ3n) is 5.61. The number of azo groups is 1. The molecule has 1 aliphatic heterocycles. The van der Waals surface area contributed by atoms with Gasteiger partial charge in [-0.05, 0) is 64.2 Å². The molecule has 1 N–H and O–H groups in total. The second-order valence-corrected chi connectivity index (χ2v) is 11.2. The number of nitrogens with one attached hydrogen (secondary N) is 1. The van der Waals surface area contributed by atoms with Gasteiger partial charge in [-0.3, -0.25) is 4.72 Å². The van der Waals surface area contributed by atoms with E-state index in [9.17, 15) is 13.2 Å². The number of carbonyl (C=O) groups is 1. The molecule has 0 aliphatic carbocycles. The number of thiol groups is 1. The van der Waals surface area contributed by atoms with Crippen molar-refractivity contribution in [3.05, 3.63) is 22.7 Å². The SMILES string of the molecule is CCCCCN1c2cc(N[SH](=O)=O)c(N=Nc3nnc(C(=O)OC(C)(C)C)s3)cc2CCC1CC. The highest BCUT2D eigenvalue weighted by molar-refractivity contribution is 7.73. The van der Waals surface area contributed by atoms with E-state index in [2.05, 4.69) is 43.9 Å². The van der Waals surface area contributed by atoms with Gasteiger partial charge in [-0.15, -0.1) is 20.4 Å². The number of carbonyl (C=O) groups excluding carboxylic acids is 1. The van der Waals surface area contributed by atoms with Gasteiger partial charge >= 0.3 is 5.97 Å². The van der Waals surface area contributed by atoms with Gasteiger partial charge in [0.05, 0.1) is 5.69 Å². The molecule has 1 unspecified atom stereocenters. The molecule has 10 nitrogen and oxygen atoms in total. The molecule has 2 aromatic rings. The van der Waals surface area contributed by atoms with E-state index in [1.54, 1.807) is 20.8 Å². The lowest BCUT2D eigenvalue weighted by Crippen LogP contribution is -2.39. The second-order valence-electron chi connectivity index (χ2n) is 9.46. The maximum Gasteiger partial charge on any atom is 0.370 e. The van der Waals surface area contributed by atoms with Gasteiger partial charge < -0.3 is 9.64 Å². The quantitative estimate of drug-likeness (QED) is 0.181. The van der Waals surface area contributed by atoms with Crippen LogP contribution in [-0.4, -0.2) is 42.8 Å². The highest BCUT2D eigenvalue weighted by Gasteiger charge is 2.26.